The summed E-state index contributed by atoms with van der Waals surface area (Å²) in [5.41, 5.74) is 7.36. The minimum atomic E-state index is -1.03. The Labute approximate surface area is 174 Å². The molecular weight excluding hydrogens is 367 g/mol. The fraction of sp³-hybridized carbons (Fsp3) is 0.652. The van der Waals surface area contributed by atoms with Crippen LogP contribution in [0.1, 0.15) is 71.4 Å². The van der Waals surface area contributed by atoms with Crippen LogP contribution in [0.2, 0.25) is 0 Å². The highest BCUT2D eigenvalue weighted by atomic mass is 19.1. The largest absolute Gasteiger partial charge is 0.360 e. The van der Waals surface area contributed by atoms with E-state index in [0.717, 1.165) is 38.0 Å². The van der Waals surface area contributed by atoms with Gasteiger partial charge in [-0.3, -0.25) is 4.79 Å². The van der Waals surface area contributed by atoms with Gasteiger partial charge >= 0.3 is 0 Å². The summed E-state index contributed by atoms with van der Waals surface area (Å²) in [5.74, 6) is 0.794. The van der Waals surface area contributed by atoms with Gasteiger partial charge in [0.05, 0.1) is 11.4 Å². The van der Waals surface area contributed by atoms with Crippen molar-refractivity contribution in [1.29, 1.82) is 0 Å². The molecule has 0 aromatic carbocycles. The number of nitrogens with zero attached hydrogens (tertiary/aromatic N) is 3. The number of hydrogen-bond acceptors (Lipinski definition) is 4. The Morgan fingerprint density at radius 2 is 2.00 bits per heavy atom. The van der Waals surface area contributed by atoms with Crippen molar-refractivity contribution in [2.24, 2.45) is 5.73 Å². The third-order valence-corrected chi connectivity index (χ3v) is 5.80. The highest BCUT2D eigenvalue weighted by Gasteiger charge is 2.37. The summed E-state index contributed by atoms with van der Waals surface area (Å²) < 4.78 is 16.0. The van der Waals surface area contributed by atoms with Gasteiger partial charge in [0, 0.05) is 30.9 Å². The summed E-state index contributed by atoms with van der Waals surface area (Å²) >= 11 is 0. The Morgan fingerprint density at radius 1 is 1.34 bits per heavy atom. The van der Waals surface area contributed by atoms with Crippen LogP contribution in [0.15, 0.2) is 23.1 Å². The molecule has 1 aliphatic carbocycles. The number of anilines is 1. The molecule has 0 bridgehead atoms. The topological polar surface area (TPSA) is 64.2 Å². The summed E-state index contributed by atoms with van der Waals surface area (Å²) in [6.07, 6.45) is 5.63. The van der Waals surface area contributed by atoms with E-state index in [-0.39, 0.29) is 17.0 Å². The molecule has 29 heavy (non-hydrogen) atoms. The van der Waals surface area contributed by atoms with Gasteiger partial charge in [0.15, 0.2) is 5.43 Å². The molecule has 0 saturated heterocycles. The molecule has 2 N–H and O–H groups in total. The summed E-state index contributed by atoms with van der Waals surface area (Å²) in [6, 6.07) is 3.36. The fourth-order valence-electron chi connectivity index (χ4n) is 3.75. The zero-order valence-electron chi connectivity index (χ0n) is 18.8. The van der Waals surface area contributed by atoms with Crippen LogP contribution in [0.5, 0.6) is 0 Å². The van der Waals surface area contributed by atoms with Crippen molar-refractivity contribution in [2.75, 3.05) is 18.5 Å². The lowest BCUT2D eigenvalue weighted by Crippen LogP contribution is -2.26. The lowest BCUT2D eigenvalue weighted by molar-refractivity contribution is 0.246. The number of rotatable bonds is 8. The van der Waals surface area contributed by atoms with Gasteiger partial charge in [-0.05, 0) is 58.1 Å². The Bertz CT molecular complexity index is 873. The lowest BCUT2D eigenvalue weighted by atomic mass is 10.1. The molecule has 0 amide bonds. The highest BCUT2D eigenvalue weighted by molar-refractivity contribution is 5.78. The van der Waals surface area contributed by atoms with E-state index < -0.39 is 6.17 Å². The zero-order valence-corrected chi connectivity index (χ0v) is 18.8. The maximum Gasteiger partial charge on any atom is 0.193 e. The van der Waals surface area contributed by atoms with Crippen molar-refractivity contribution in [2.45, 2.75) is 84.5 Å². The van der Waals surface area contributed by atoms with Crippen molar-refractivity contribution >= 4 is 16.9 Å². The molecule has 6 heteroatoms. The van der Waals surface area contributed by atoms with Gasteiger partial charge in [-0.1, -0.05) is 20.8 Å². The van der Waals surface area contributed by atoms with Gasteiger partial charge in [0.25, 0.3) is 0 Å². The first-order chi connectivity index (χ1) is 13.8. The smallest absolute Gasteiger partial charge is 0.193 e. The summed E-state index contributed by atoms with van der Waals surface area (Å²) in [5, 5.41) is 0.546. The van der Waals surface area contributed by atoms with Crippen molar-refractivity contribution in [3.8, 4) is 0 Å². The molecule has 3 rings (SSSR count). The second kappa shape index (κ2) is 9.70. The molecule has 0 radical (unpaired) electrons. The van der Waals surface area contributed by atoms with Crippen LogP contribution in [0.3, 0.4) is 0 Å². The number of pyridine rings is 2. The first kappa shape index (κ1) is 23.3. The van der Waals surface area contributed by atoms with Gasteiger partial charge in [-0.2, -0.15) is 0 Å². The number of alkyl halides is 1. The molecule has 162 valence electrons. The predicted molar refractivity (Wildman–Crippen MR) is 121 cm³/mol. The van der Waals surface area contributed by atoms with E-state index in [0.29, 0.717) is 23.0 Å². The van der Waals surface area contributed by atoms with Gasteiger partial charge in [0.2, 0.25) is 0 Å². The van der Waals surface area contributed by atoms with Crippen molar-refractivity contribution in [1.82, 2.24) is 9.55 Å². The SMILES string of the molecule is CC.CCC(C(C)F)n1cc(C)c(=O)c2ccc(N(C)CCCC3(N)CC3)nc21. The van der Waals surface area contributed by atoms with Gasteiger partial charge in [-0.25, -0.2) is 9.37 Å². The number of aryl methyl sites for hydroxylation is 1. The van der Waals surface area contributed by atoms with E-state index in [4.69, 9.17) is 10.7 Å². The maximum atomic E-state index is 14.2. The van der Waals surface area contributed by atoms with E-state index in [1.807, 2.05) is 44.5 Å². The van der Waals surface area contributed by atoms with Crippen LogP contribution in [0, 0.1) is 6.92 Å². The summed E-state index contributed by atoms with van der Waals surface area (Å²) in [4.78, 5) is 19.4. The Kier molecular flexibility index (Phi) is 7.80. The second-order valence-electron chi connectivity index (χ2n) is 8.13. The second-order valence-corrected chi connectivity index (χ2v) is 8.13. The fourth-order valence-corrected chi connectivity index (χ4v) is 3.75. The Morgan fingerprint density at radius 3 is 2.55 bits per heavy atom. The van der Waals surface area contributed by atoms with Crippen LogP contribution in [-0.4, -0.2) is 34.9 Å². The monoisotopic (exact) mass is 404 g/mol. The number of hydrogen-bond donors (Lipinski definition) is 1. The minimum Gasteiger partial charge on any atom is -0.360 e. The van der Waals surface area contributed by atoms with E-state index >= 15 is 0 Å². The van der Waals surface area contributed by atoms with E-state index in [1.165, 1.54) is 0 Å². The molecular formula is C23H37FN4O. The first-order valence-corrected chi connectivity index (χ1v) is 10.9. The molecule has 2 atom stereocenters. The van der Waals surface area contributed by atoms with Crippen molar-refractivity contribution in [3.05, 3.63) is 34.1 Å². The van der Waals surface area contributed by atoms with Crippen molar-refractivity contribution in [3.63, 3.8) is 0 Å². The molecule has 1 fully saturated rings. The van der Waals surface area contributed by atoms with Crippen LogP contribution in [0.25, 0.3) is 11.0 Å². The summed E-state index contributed by atoms with van der Waals surface area (Å²) in [6.45, 7) is 10.1. The number of fused-ring (bicyclic) bond motifs is 1. The molecule has 2 aromatic rings. The predicted octanol–water partition coefficient (Wildman–Crippen LogP) is 4.75. The van der Waals surface area contributed by atoms with E-state index in [9.17, 15) is 9.18 Å². The Hall–Kier alpha value is -1.95. The third kappa shape index (κ3) is 5.35. The van der Waals surface area contributed by atoms with Crippen LogP contribution < -0.4 is 16.1 Å². The molecule has 0 spiro atoms. The Balaban J connectivity index is 0.00000145. The van der Waals surface area contributed by atoms with Gasteiger partial charge in [0.1, 0.15) is 17.6 Å². The van der Waals surface area contributed by atoms with Crippen LogP contribution >= 0.6 is 0 Å². The van der Waals surface area contributed by atoms with Gasteiger partial charge in [-0.15, -0.1) is 0 Å². The standard InChI is InChI=1S/C21H31FN4O.C2H6/c1-5-17(15(3)22)26-13-14(2)19(27)16-7-8-18(24-20(16)26)25(4)12-6-9-21(23)10-11-21;1-2/h7-8,13,15,17H,5-6,9-12,23H2,1-4H3;1-2H3. The average molecular weight is 405 g/mol. The third-order valence-electron chi connectivity index (χ3n) is 5.80. The maximum absolute atomic E-state index is 14.2. The number of halogens is 1. The molecule has 2 unspecified atom stereocenters. The molecule has 1 aliphatic rings. The number of nitrogens with two attached hydrogens (primary N) is 1. The molecule has 2 aromatic heterocycles. The quantitative estimate of drug-likeness (QED) is 0.690. The van der Waals surface area contributed by atoms with Crippen LogP contribution in [-0.2, 0) is 0 Å². The zero-order chi connectivity index (χ0) is 21.8. The van der Waals surface area contributed by atoms with Gasteiger partial charge < -0.3 is 15.2 Å². The van der Waals surface area contributed by atoms with Crippen LogP contribution in [0.4, 0.5) is 10.2 Å². The normalized spacial score (nSPS) is 16.7. The highest BCUT2D eigenvalue weighted by Crippen LogP contribution is 2.36. The molecule has 0 aliphatic heterocycles. The number of aromatic nitrogens is 2. The van der Waals surface area contributed by atoms with Crippen molar-refractivity contribution < 1.29 is 4.39 Å². The summed E-state index contributed by atoms with van der Waals surface area (Å²) in [7, 11) is 2.00. The average Bonchev–Trinajstić information content (AvgIpc) is 3.44. The minimum absolute atomic E-state index is 0.0388. The molecule has 2 heterocycles. The first-order valence-electron chi connectivity index (χ1n) is 10.9. The van der Waals surface area contributed by atoms with E-state index in [1.54, 1.807) is 20.0 Å². The van der Waals surface area contributed by atoms with E-state index in [2.05, 4.69) is 4.90 Å². The lowest BCUT2D eigenvalue weighted by Gasteiger charge is -2.24. The molecule has 1 saturated carbocycles. The molecule has 5 nitrogen and oxygen atoms in total.